The lowest BCUT2D eigenvalue weighted by Gasteiger charge is -2.23. The SMILES string of the molecule is O=C(Nc1cccc(C(=O)N(Cc2ccccc2)Cc2ccccc2)c1)C1CC1. The van der Waals surface area contributed by atoms with Gasteiger partial charge in [-0.25, -0.2) is 0 Å². The number of hydrogen-bond acceptors (Lipinski definition) is 2. The van der Waals surface area contributed by atoms with Crippen LogP contribution in [0.3, 0.4) is 0 Å². The summed E-state index contributed by atoms with van der Waals surface area (Å²) in [6, 6.07) is 27.2. The fourth-order valence-corrected chi connectivity index (χ4v) is 3.31. The van der Waals surface area contributed by atoms with Crippen LogP contribution >= 0.6 is 0 Å². The molecule has 2 amide bonds. The zero-order chi connectivity index (χ0) is 20.1. The van der Waals surface area contributed by atoms with Gasteiger partial charge >= 0.3 is 0 Å². The predicted molar refractivity (Wildman–Crippen MR) is 114 cm³/mol. The summed E-state index contributed by atoms with van der Waals surface area (Å²) in [5.41, 5.74) is 3.41. The molecule has 4 heteroatoms. The lowest BCUT2D eigenvalue weighted by Crippen LogP contribution is -2.30. The number of nitrogens with one attached hydrogen (secondary N) is 1. The van der Waals surface area contributed by atoms with Crippen molar-refractivity contribution in [1.82, 2.24) is 4.90 Å². The molecule has 29 heavy (non-hydrogen) atoms. The van der Waals surface area contributed by atoms with Crippen LogP contribution in [0.25, 0.3) is 0 Å². The quantitative estimate of drug-likeness (QED) is 0.631. The minimum Gasteiger partial charge on any atom is -0.330 e. The van der Waals surface area contributed by atoms with Crippen molar-refractivity contribution in [3.8, 4) is 0 Å². The Hall–Kier alpha value is -3.40. The van der Waals surface area contributed by atoms with Crippen molar-refractivity contribution in [2.75, 3.05) is 5.32 Å². The van der Waals surface area contributed by atoms with Gasteiger partial charge in [-0.1, -0.05) is 66.7 Å². The van der Waals surface area contributed by atoms with E-state index in [9.17, 15) is 9.59 Å². The van der Waals surface area contributed by atoms with E-state index in [4.69, 9.17) is 0 Å². The number of amides is 2. The highest BCUT2D eigenvalue weighted by molar-refractivity contribution is 5.98. The Morgan fingerprint density at radius 2 is 1.38 bits per heavy atom. The van der Waals surface area contributed by atoms with Gasteiger partial charge in [0.25, 0.3) is 5.91 Å². The Labute approximate surface area is 171 Å². The second kappa shape index (κ2) is 8.74. The molecule has 0 spiro atoms. The second-order valence-corrected chi connectivity index (χ2v) is 7.48. The molecule has 0 atom stereocenters. The summed E-state index contributed by atoms with van der Waals surface area (Å²) in [7, 11) is 0. The maximum atomic E-state index is 13.4. The fraction of sp³-hybridized carbons (Fsp3) is 0.200. The van der Waals surface area contributed by atoms with Gasteiger partial charge in [-0.2, -0.15) is 0 Å². The zero-order valence-corrected chi connectivity index (χ0v) is 16.3. The third kappa shape index (κ3) is 5.11. The molecule has 1 aliphatic carbocycles. The van der Waals surface area contributed by atoms with Gasteiger partial charge in [0.1, 0.15) is 0 Å². The van der Waals surface area contributed by atoms with E-state index in [1.54, 1.807) is 12.1 Å². The summed E-state index contributed by atoms with van der Waals surface area (Å²) in [5, 5.41) is 2.93. The molecular weight excluding hydrogens is 360 g/mol. The minimum atomic E-state index is -0.0553. The standard InChI is InChI=1S/C25H24N2O2/c28-24(21-14-15-21)26-23-13-7-12-22(16-23)25(29)27(17-19-8-3-1-4-9-19)18-20-10-5-2-6-11-20/h1-13,16,21H,14-15,17-18H2,(H,26,28). The average molecular weight is 384 g/mol. The third-order valence-corrected chi connectivity index (χ3v) is 5.04. The molecule has 0 saturated heterocycles. The maximum Gasteiger partial charge on any atom is 0.254 e. The molecule has 0 aliphatic heterocycles. The minimum absolute atomic E-state index is 0.0417. The van der Waals surface area contributed by atoms with E-state index in [-0.39, 0.29) is 17.7 Å². The van der Waals surface area contributed by atoms with Gasteiger partial charge in [-0.15, -0.1) is 0 Å². The van der Waals surface area contributed by atoms with E-state index < -0.39 is 0 Å². The highest BCUT2D eigenvalue weighted by Gasteiger charge is 2.29. The van der Waals surface area contributed by atoms with E-state index in [1.807, 2.05) is 77.7 Å². The van der Waals surface area contributed by atoms with E-state index in [0.29, 0.717) is 24.3 Å². The first-order valence-electron chi connectivity index (χ1n) is 9.97. The molecule has 1 fully saturated rings. The van der Waals surface area contributed by atoms with Crippen LogP contribution < -0.4 is 5.32 Å². The van der Waals surface area contributed by atoms with Crippen LogP contribution in [-0.2, 0) is 17.9 Å². The Morgan fingerprint density at radius 1 is 0.793 bits per heavy atom. The van der Waals surface area contributed by atoms with Gasteiger partial charge in [0.15, 0.2) is 0 Å². The molecule has 3 aromatic rings. The highest BCUT2D eigenvalue weighted by atomic mass is 16.2. The number of carbonyl (C=O) groups excluding carboxylic acids is 2. The van der Waals surface area contributed by atoms with Gasteiger partial charge in [0, 0.05) is 30.3 Å². The molecule has 1 saturated carbocycles. The normalized spacial score (nSPS) is 13.0. The molecule has 0 aromatic heterocycles. The summed E-state index contributed by atoms with van der Waals surface area (Å²) in [6.45, 7) is 1.04. The van der Waals surface area contributed by atoms with Crippen molar-refractivity contribution in [1.29, 1.82) is 0 Å². The number of nitrogens with zero attached hydrogens (tertiary/aromatic N) is 1. The topological polar surface area (TPSA) is 49.4 Å². The number of anilines is 1. The lowest BCUT2D eigenvalue weighted by molar-refractivity contribution is -0.117. The second-order valence-electron chi connectivity index (χ2n) is 7.48. The summed E-state index contributed by atoms with van der Waals surface area (Å²) in [6.07, 6.45) is 1.90. The number of rotatable bonds is 7. The molecule has 146 valence electrons. The van der Waals surface area contributed by atoms with Crippen LogP contribution in [-0.4, -0.2) is 16.7 Å². The van der Waals surface area contributed by atoms with E-state index in [1.165, 1.54) is 0 Å². The Bertz CT molecular complexity index is 940. The van der Waals surface area contributed by atoms with E-state index >= 15 is 0 Å². The van der Waals surface area contributed by atoms with Gasteiger partial charge in [0.05, 0.1) is 0 Å². The molecular formula is C25H24N2O2. The summed E-state index contributed by atoms with van der Waals surface area (Å²) in [4.78, 5) is 27.3. The fourth-order valence-electron chi connectivity index (χ4n) is 3.31. The number of hydrogen-bond donors (Lipinski definition) is 1. The van der Waals surface area contributed by atoms with Gasteiger partial charge in [0.2, 0.25) is 5.91 Å². The van der Waals surface area contributed by atoms with Crippen molar-refractivity contribution >= 4 is 17.5 Å². The van der Waals surface area contributed by atoms with Crippen LogP contribution in [0.4, 0.5) is 5.69 Å². The monoisotopic (exact) mass is 384 g/mol. The van der Waals surface area contributed by atoms with Crippen molar-refractivity contribution in [3.05, 3.63) is 102 Å². The Balaban J connectivity index is 1.55. The molecule has 4 rings (SSSR count). The maximum absolute atomic E-state index is 13.4. The molecule has 0 radical (unpaired) electrons. The van der Waals surface area contributed by atoms with Crippen molar-refractivity contribution in [3.63, 3.8) is 0 Å². The highest BCUT2D eigenvalue weighted by Crippen LogP contribution is 2.30. The first-order valence-corrected chi connectivity index (χ1v) is 9.97. The Kier molecular flexibility index (Phi) is 5.71. The molecule has 4 nitrogen and oxygen atoms in total. The molecule has 0 heterocycles. The molecule has 3 aromatic carbocycles. The van der Waals surface area contributed by atoms with Gasteiger partial charge in [-0.05, 0) is 42.2 Å². The van der Waals surface area contributed by atoms with Gasteiger partial charge in [-0.3, -0.25) is 9.59 Å². The van der Waals surface area contributed by atoms with Crippen LogP contribution in [0, 0.1) is 5.92 Å². The first kappa shape index (κ1) is 18.9. The van der Waals surface area contributed by atoms with Crippen molar-refractivity contribution in [2.24, 2.45) is 5.92 Å². The summed E-state index contributed by atoms with van der Waals surface area (Å²) in [5.74, 6) is 0.113. The summed E-state index contributed by atoms with van der Waals surface area (Å²) >= 11 is 0. The van der Waals surface area contributed by atoms with Crippen LogP contribution in [0.1, 0.15) is 34.3 Å². The smallest absolute Gasteiger partial charge is 0.254 e. The molecule has 0 unspecified atom stereocenters. The van der Waals surface area contributed by atoms with Gasteiger partial charge < -0.3 is 10.2 Å². The average Bonchev–Trinajstić information content (AvgIpc) is 3.60. The van der Waals surface area contributed by atoms with Crippen molar-refractivity contribution in [2.45, 2.75) is 25.9 Å². The van der Waals surface area contributed by atoms with Crippen molar-refractivity contribution < 1.29 is 9.59 Å². The number of carbonyl (C=O) groups is 2. The van der Waals surface area contributed by atoms with E-state index in [2.05, 4.69) is 5.32 Å². The number of benzene rings is 3. The molecule has 1 N–H and O–H groups in total. The summed E-state index contributed by atoms with van der Waals surface area (Å²) < 4.78 is 0. The zero-order valence-electron chi connectivity index (χ0n) is 16.3. The molecule has 0 bridgehead atoms. The van der Waals surface area contributed by atoms with E-state index in [0.717, 1.165) is 24.0 Å². The predicted octanol–water partition coefficient (Wildman–Crippen LogP) is 4.88. The molecule has 1 aliphatic rings. The Morgan fingerprint density at radius 3 is 1.93 bits per heavy atom. The third-order valence-electron chi connectivity index (χ3n) is 5.04. The van der Waals surface area contributed by atoms with Crippen LogP contribution in [0.2, 0.25) is 0 Å². The van der Waals surface area contributed by atoms with Crippen LogP contribution in [0.15, 0.2) is 84.9 Å². The lowest BCUT2D eigenvalue weighted by atomic mass is 10.1. The van der Waals surface area contributed by atoms with Crippen LogP contribution in [0.5, 0.6) is 0 Å². The first-order chi connectivity index (χ1) is 14.2. The largest absolute Gasteiger partial charge is 0.330 e.